The van der Waals surface area contributed by atoms with E-state index in [0.717, 1.165) is 27.6 Å². The van der Waals surface area contributed by atoms with Gasteiger partial charge in [0, 0.05) is 28.2 Å². The van der Waals surface area contributed by atoms with Crippen LogP contribution in [0.15, 0.2) is 58.7 Å². The van der Waals surface area contributed by atoms with Crippen molar-refractivity contribution in [2.75, 3.05) is 0 Å². The Labute approximate surface area is 117 Å². The van der Waals surface area contributed by atoms with Crippen molar-refractivity contribution >= 4 is 27.8 Å². The standard InChI is InChI=1S/C17H16N2O/c1-11(2)5-8-15(18)12-6-7-13-14-4-3-9-19-17(14)20-16(13)10-12/h3-10H,18H2,1-2H3/b15-8-. The molecule has 3 rings (SSSR count). The van der Waals surface area contributed by atoms with E-state index in [1.54, 1.807) is 6.20 Å². The molecule has 2 aromatic heterocycles. The first kappa shape index (κ1) is 12.5. The predicted octanol–water partition coefficient (Wildman–Crippen LogP) is 4.25. The summed E-state index contributed by atoms with van der Waals surface area (Å²) < 4.78 is 5.76. The third-order valence-electron chi connectivity index (χ3n) is 3.18. The largest absolute Gasteiger partial charge is 0.438 e. The number of furan rings is 1. The van der Waals surface area contributed by atoms with Crippen molar-refractivity contribution in [2.45, 2.75) is 13.8 Å². The van der Waals surface area contributed by atoms with Gasteiger partial charge >= 0.3 is 0 Å². The van der Waals surface area contributed by atoms with Crippen LogP contribution in [0.5, 0.6) is 0 Å². The van der Waals surface area contributed by atoms with Crippen LogP contribution in [0.4, 0.5) is 0 Å². The average Bonchev–Trinajstić information content (AvgIpc) is 2.82. The Morgan fingerprint density at radius 2 is 2.00 bits per heavy atom. The van der Waals surface area contributed by atoms with Crippen LogP contribution >= 0.6 is 0 Å². The van der Waals surface area contributed by atoms with Crippen molar-refractivity contribution in [2.24, 2.45) is 5.73 Å². The van der Waals surface area contributed by atoms with E-state index in [2.05, 4.69) is 4.98 Å². The number of aromatic nitrogens is 1. The Kier molecular flexibility index (Phi) is 3.03. The summed E-state index contributed by atoms with van der Waals surface area (Å²) in [4.78, 5) is 4.23. The lowest BCUT2D eigenvalue weighted by Crippen LogP contribution is -1.95. The Morgan fingerprint density at radius 3 is 2.80 bits per heavy atom. The van der Waals surface area contributed by atoms with Crippen molar-refractivity contribution < 1.29 is 4.42 Å². The summed E-state index contributed by atoms with van der Waals surface area (Å²) in [6.07, 6.45) is 5.64. The molecule has 0 saturated heterocycles. The summed E-state index contributed by atoms with van der Waals surface area (Å²) in [6.45, 7) is 4.08. The SMILES string of the molecule is CC(C)=C/C=C(\N)c1ccc2c(c1)oc1ncccc12. The minimum atomic E-state index is 0.659. The zero-order valence-electron chi connectivity index (χ0n) is 11.6. The maximum Gasteiger partial charge on any atom is 0.227 e. The van der Waals surface area contributed by atoms with Gasteiger partial charge in [-0.25, -0.2) is 4.98 Å². The van der Waals surface area contributed by atoms with Crippen molar-refractivity contribution in [3.63, 3.8) is 0 Å². The summed E-state index contributed by atoms with van der Waals surface area (Å²) in [7, 11) is 0. The molecule has 3 aromatic rings. The number of nitrogens with two attached hydrogens (primary N) is 1. The van der Waals surface area contributed by atoms with E-state index in [4.69, 9.17) is 10.2 Å². The molecule has 0 amide bonds. The highest BCUT2D eigenvalue weighted by molar-refractivity contribution is 6.04. The van der Waals surface area contributed by atoms with E-state index in [1.165, 1.54) is 5.57 Å². The van der Waals surface area contributed by atoms with Gasteiger partial charge in [0.1, 0.15) is 5.58 Å². The zero-order valence-corrected chi connectivity index (χ0v) is 11.6. The zero-order chi connectivity index (χ0) is 14.1. The van der Waals surface area contributed by atoms with Gasteiger partial charge in [-0.3, -0.25) is 0 Å². The number of pyridine rings is 1. The molecular weight excluding hydrogens is 248 g/mol. The number of nitrogens with zero attached hydrogens (tertiary/aromatic N) is 1. The highest BCUT2D eigenvalue weighted by atomic mass is 16.3. The Balaban J connectivity index is 2.14. The molecule has 100 valence electrons. The number of fused-ring (bicyclic) bond motifs is 3. The molecule has 3 heteroatoms. The summed E-state index contributed by atoms with van der Waals surface area (Å²) in [5.74, 6) is 0. The molecule has 2 N–H and O–H groups in total. The van der Waals surface area contributed by atoms with Gasteiger partial charge in [0.2, 0.25) is 5.71 Å². The average molecular weight is 264 g/mol. The van der Waals surface area contributed by atoms with Gasteiger partial charge < -0.3 is 10.2 Å². The second-order valence-electron chi connectivity index (χ2n) is 5.04. The normalized spacial score (nSPS) is 12.0. The van der Waals surface area contributed by atoms with Crippen LogP contribution in [0.25, 0.3) is 27.8 Å². The van der Waals surface area contributed by atoms with Crippen LogP contribution in [0.2, 0.25) is 0 Å². The molecule has 0 aliphatic heterocycles. The first-order valence-electron chi connectivity index (χ1n) is 6.53. The molecule has 0 unspecified atom stereocenters. The van der Waals surface area contributed by atoms with Gasteiger partial charge in [-0.05, 0) is 44.2 Å². The second kappa shape index (κ2) is 4.85. The lowest BCUT2D eigenvalue weighted by atomic mass is 10.1. The van der Waals surface area contributed by atoms with E-state index in [0.29, 0.717) is 5.71 Å². The van der Waals surface area contributed by atoms with E-state index in [9.17, 15) is 0 Å². The number of benzene rings is 1. The molecule has 3 nitrogen and oxygen atoms in total. The van der Waals surface area contributed by atoms with Crippen molar-refractivity contribution in [1.29, 1.82) is 0 Å². The highest BCUT2D eigenvalue weighted by Crippen LogP contribution is 2.28. The summed E-state index contributed by atoms with van der Waals surface area (Å²) in [6, 6.07) is 9.92. The van der Waals surface area contributed by atoms with Crippen LogP contribution in [0.3, 0.4) is 0 Å². The van der Waals surface area contributed by atoms with Crippen molar-refractivity contribution in [3.05, 3.63) is 59.8 Å². The number of hydrogen-bond donors (Lipinski definition) is 1. The molecule has 0 aliphatic carbocycles. The third-order valence-corrected chi connectivity index (χ3v) is 3.18. The lowest BCUT2D eigenvalue weighted by molar-refractivity contribution is 0.654. The van der Waals surface area contributed by atoms with E-state index < -0.39 is 0 Å². The van der Waals surface area contributed by atoms with E-state index in [-0.39, 0.29) is 0 Å². The van der Waals surface area contributed by atoms with Gasteiger partial charge in [-0.15, -0.1) is 0 Å². The predicted molar refractivity (Wildman–Crippen MR) is 83.1 cm³/mol. The van der Waals surface area contributed by atoms with E-state index >= 15 is 0 Å². The monoisotopic (exact) mass is 264 g/mol. The summed E-state index contributed by atoms with van der Waals surface area (Å²) in [5.41, 5.74) is 10.4. The molecule has 0 bridgehead atoms. The fraction of sp³-hybridized carbons (Fsp3) is 0.118. The Morgan fingerprint density at radius 1 is 1.15 bits per heavy atom. The van der Waals surface area contributed by atoms with Crippen molar-refractivity contribution in [3.8, 4) is 0 Å². The van der Waals surface area contributed by atoms with Gasteiger partial charge in [-0.2, -0.15) is 0 Å². The van der Waals surface area contributed by atoms with Crippen molar-refractivity contribution in [1.82, 2.24) is 4.98 Å². The quantitative estimate of drug-likeness (QED) is 0.704. The van der Waals surface area contributed by atoms with Crippen LogP contribution in [-0.2, 0) is 0 Å². The second-order valence-corrected chi connectivity index (χ2v) is 5.04. The smallest absolute Gasteiger partial charge is 0.227 e. The van der Waals surface area contributed by atoms with Crippen LogP contribution in [0, 0.1) is 0 Å². The fourth-order valence-electron chi connectivity index (χ4n) is 2.14. The maximum absolute atomic E-state index is 6.09. The number of hydrogen-bond acceptors (Lipinski definition) is 3. The molecule has 2 heterocycles. The summed E-state index contributed by atoms with van der Waals surface area (Å²) in [5, 5.41) is 2.09. The van der Waals surface area contributed by atoms with Crippen LogP contribution < -0.4 is 5.73 Å². The molecule has 1 aromatic carbocycles. The number of rotatable bonds is 2. The molecular formula is C17H16N2O. The topological polar surface area (TPSA) is 52.0 Å². The first-order valence-corrected chi connectivity index (χ1v) is 6.53. The summed E-state index contributed by atoms with van der Waals surface area (Å²) >= 11 is 0. The van der Waals surface area contributed by atoms with Crippen LogP contribution in [0.1, 0.15) is 19.4 Å². The van der Waals surface area contributed by atoms with E-state index in [1.807, 2.05) is 56.3 Å². The molecule has 0 atom stereocenters. The molecule has 0 saturated carbocycles. The van der Waals surface area contributed by atoms with Gasteiger partial charge in [-0.1, -0.05) is 17.7 Å². The fourth-order valence-corrected chi connectivity index (χ4v) is 2.14. The minimum absolute atomic E-state index is 0.659. The van der Waals surface area contributed by atoms with Gasteiger partial charge in [0.25, 0.3) is 0 Å². The number of allylic oxidation sites excluding steroid dienone is 3. The lowest BCUT2D eigenvalue weighted by Gasteiger charge is -2.00. The first-order chi connectivity index (χ1) is 9.65. The molecule has 20 heavy (non-hydrogen) atoms. The Bertz CT molecular complexity index is 836. The molecule has 0 aliphatic rings. The van der Waals surface area contributed by atoms with Crippen LogP contribution in [-0.4, -0.2) is 4.98 Å². The molecule has 0 radical (unpaired) electrons. The highest BCUT2D eigenvalue weighted by Gasteiger charge is 2.08. The Hall–Kier alpha value is -2.55. The maximum atomic E-state index is 6.09. The minimum Gasteiger partial charge on any atom is -0.438 e. The van der Waals surface area contributed by atoms with Gasteiger partial charge in [0.05, 0.1) is 0 Å². The van der Waals surface area contributed by atoms with Gasteiger partial charge in [0.15, 0.2) is 0 Å². The third kappa shape index (κ3) is 2.18. The molecule has 0 fully saturated rings. The molecule has 0 spiro atoms.